The molecule has 6 nitrogen and oxygen atoms in total. The van der Waals surface area contributed by atoms with Crippen molar-refractivity contribution in [3.63, 3.8) is 0 Å². The van der Waals surface area contributed by atoms with Gasteiger partial charge in [0.1, 0.15) is 17.5 Å². The first-order valence-corrected chi connectivity index (χ1v) is 12.4. The number of nitrogens with zero attached hydrogens (tertiary/aromatic N) is 1. The molecule has 6 heteroatoms. The summed E-state index contributed by atoms with van der Waals surface area (Å²) in [5, 5.41) is 2.93. The van der Waals surface area contributed by atoms with E-state index in [4.69, 9.17) is 9.47 Å². The molecule has 0 saturated heterocycles. The summed E-state index contributed by atoms with van der Waals surface area (Å²) in [5.74, 6) is 1.28. The minimum Gasteiger partial charge on any atom is -0.497 e. The predicted molar refractivity (Wildman–Crippen MR) is 142 cm³/mol. The maximum atomic E-state index is 13.5. The Morgan fingerprint density at radius 3 is 2.28 bits per heavy atom. The van der Waals surface area contributed by atoms with E-state index >= 15 is 0 Å². The number of amides is 2. The van der Waals surface area contributed by atoms with Crippen molar-refractivity contribution in [2.24, 2.45) is 0 Å². The molecule has 0 fully saturated rings. The lowest BCUT2D eigenvalue weighted by Gasteiger charge is -2.31. The fourth-order valence-corrected chi connectivity index (χ4v) is 4.08. The number of carbonyl (C=O) groups is 2. The van der Waals surface area contributed by atoms with Crippen molar-refractivity contribution in [2.75, 3.05) is 20.3 Å². The molecular weight excluding hydrogens is 452 g/mol. The van der Waals surface area contributed by atoms with Gasteiger partial charge in [0.25, 0.3) is 0 Å². The zero-order chi connectivity index (χ0) is 25.8. The summed E-state index contributed by atoms with van der Waals surface area (Å²) in [5.41, 5.74) is 3.13. The van der Waals surface area contributed by atoms with Crippen LogP contribution in [0.5, 0.6) is 11.5 Å². The molecule has 190 valence electrons. The van der Waals surface area contributed by atoms with Gasteiger partial charge in [0.05, 0.1) is 13.7 Å². The molecule has 1 atom stereocenters. The molecule has 0 bridgehead atoms. The highest BCUT2D eigenvalue weighted by molar-refractivity contribution is 5.88. The van der Waals surface area contributed by atoms with Crippen molar-refractivity contribution >= 4 is 11.8 Å². The quantitative estimate of drug-likeness (QED) is 0.346. The van der Waals surface area contributed by atoms with E-state index in [9.17, 15) is 9.59 Å². The smallest absolute Gasteiger partial charge is 0.243 e. The van der Waals surface area contributed by atoms with E-state index < -0.39 is 6.04 Å². The van der Waals surface area contributed by atoms with Crippen molar-refractivity contribution in [2.45, 2.75) is 45.7 Å². The second kappa shape index (κ2) is 13.9. The van der Waals surface area contributed by atoms with Crippen LogP contribution in [0.4, 0.5) is 0 Å². The van der Waals surface area contributed by atoms with Gasteiger partial charge in [-0.1, -0.05) is 60.2 Å². The molecule has 3 aromatic carbocycles. The standard InChI is InChI=1S/C30H36N2O4/c1-4-31-30(34)28(21-24-11-6-5-7-12-24)32(22-25-13-8-10-23(2)20-25)29(33)14-9-19-36-27-17-15-26(35-3)16-18-27/h5-8,10-13,15-18,20,28H,4,9,14,19,21-22H2,1-3H3,(H,31,34). The number of aryl methyl sites for hydroxylation is 1. The van der Waals surface area contributed by atoms with Crippen molar-refractivity contribution in [1.29, 1.82) is 0 Å². The molecule has 0 aromatic heterocycles. The second-order valence-corrected chi connectivity index (χ2v) is 8.74. The summed E-state index contributed by atoms with van der Waals surface area (Å²) < 4.78 is 11.0. The first-order valence-electron chi connectivity index (χ1n) is 12.4. The molecule has 1 N–H and O–H groups in total. The first-order chi connectivity index (χ1) is 17.5. The molecule has 0 aliphatic rings. The summed E-state index contributed by atoms with van der Waals surface area (Å²) in [6.45, 7) is 5.19. The Morgan fingerprint density at radius 2 is 1.61 bits per heavy atom. The van der Waals surface area contributed by atoms with E-state index in [2.05, 4.69) is 11.4 Å². The normalized spacial score (nSPS) is 11.4. The van der Waals surface area contributed by atoms with E-state index in [0.717, 1.165) is 28.2 Å². The Balaban J connectivity index is 1.74. The minimum atomic E-state index is -0.608. The number of hydrogen-bond donors (Lipinski definition) is 1. The number of rotatable bonds is 13. The molecule has 0 radical (unpaired) electrons. The summed E-state index contributed by atoms with van der Waals surface area (Å²) in [4.78, 5) is 28.4. The zero-order valence-corrected chi connectivity index (χ0v) is 21.4. The maximum Gasteiger partial charge on any atom is 0.243 e. The van der Waals surface area contributed by atoms with E-state index in [-0.39, 0.29) is 18.2 Å². The fourth-order valence-electron chi connectivity index (χ4n) is 4.08. The van der Waals surface area contributed by atoms with Gasteiger partial charge in [-0.3, -0.25) is 9.59 Å². The van der Waals surface area contributed by atoms with Crippen molar-refractivity contribution in [1.82, 2.24) is 10.2 Å². The minimum absolute atomic E-state index is 0.0676. The lowest BCUT2D eigenvalue weighted by atomic mass is 10.0. The highest BCUT2D eigenvalue weighted by Gasteiger charge is 2.29. The lowest BCUT2D eigenvalue weighted by Crippen LogP contribution is -2.50. The topological polar surface area (TPSA) is 67.9 Å². The van der Waals surface area contributed by atoms with E-state index in [1.54, 1.807) is 12.0 Å². The number of carbonyl (C=O) groups excluding carboxylic acids is 2. The molecule has 2 amide bonds. The van der Waals surface area contributed by atoms with Crippen LogP contribution in [0.25, 0.3) is 0 Å². The van der Waals surface area contributed by atoms with E-state index in [0.29, 0.717) is 32.5 Å². The number of nitrogens with one attached hydrogen (secondary N) is 1. The number of hydrogen-bond acceptors (Lipinski definition) is 4. The number of ether oxygens (including phenoxy) is 2. The maximum absolute atomic E-state index is 13.5. The summed E-state index contributed by atoms with van der Waals surface area (Å²) in [6.07, 6.45) is 1.28. The SMILES string of the molecule is CCNC(=O)C(Cc1ccccc1)N(Cc1cccc(C)c1)C(=O)CCCOc1ccc(OC)cc1. The van der Waals surface area contributed by atoms with Crippen LogP contribution in [0.1, 0.15) is 36.5 Å². The molecule has 0 spiro atoms. The van der Waals surface area contributed by atoms with E-state index in [1.165, 1.54) is 0 Å². The lowest BCUT2D eigenvalue weighted by molar-refractivity contribution is -0.141. The Labute approximate surface area is 214 Å². The van der Waals surface area contributed by atoms with Gasteiger partial charge in [-0.05, 0) is 55.7 Å². The molecule has 0 heterocycles. The van der Waals surface area contributed by atoms with Crippen LogP contribution < -0.4 is 14.8 Å². The molecule has 0 aliphatic heterocycles. The predicted octanol–water partition coefficient (Wildman–Crippen LogP) is 4.94. The van der Waals surface area contributed by atoms with Gasteiger partial charge in [0.2, 0.25) is 11.8 Å². The Morgan fingerprint density at radius 1 is 0.917 bits per heavy atom. The monoisotopic (exact) mass is 488 g/mol. The number of benzene rings is 3. The van der Waals surface area contributed by atoms with E-state index in [1.807, 2.05) is 86.6 Å². The van der Waals surface area contributed by atoms with Crippen molar-refractivity contribution in [3.05, 3.63) is 95.6 Å². The largest absolute Gasteiger partial charge is 0.497 e. The Kier molecular flexibility index (Phi) is 10.4. The van der Waals surface area contributed by atoms with Gasteiger partial charge < -0.3 is 19.7 Å². The molecule has 3 aromatic rings. The van der Waals surface area contributed by atoms with Crippen LogP contribution in [0.3, 0.4) is 0 Å². The van der Waals surface area contributed by atoms with Crippen molar-refractivity contribution in [3.8, 4) is 11.5 Å². The third-order valence-electron chi connectivity index (χ3n) is 5.92. The highest BCUT2D eigenvalue weighted by atomic mass is 16.5. The molecule has 3 rings (SSSR count). The van der Waals surface area contributed by atoms with Gasteiger partial charge in [-0.2, -0.15) is 0 Å². The van der Waals surface area contributed by atoms with Gasteiger partial charge >= 0.3 is 0 Å². The third kappa shape index (κ3) is 8.15. The molecule has 1 unspecified atom stereocenters. The molecule has 36 heavy (non-hydrogen) atoms. The number of methoxy groups -OCH3 is 1. The van der Waals surface area contributed by atoms with Crippen LogP contribution in [-0.2, 0) is 22.6 Å². The highest BCUT2D eigenvalue weighted by Crippen LogP contribution is 2.19. The van der Waals surface area contributed by atoms with Crippen LogP contribution >= 0.6 is 0 Å². The van der Waals surface area contributed by atoms with Crippen molar-refractivity contribution < 1.29 is 19.1 Å². The number of likely N-dealkylation sites (N-methyl/N-ethyl adjacent to an activating group) is 1. The molecular formula is C30H36N2O4. The Bertz CT molecular complexity index is 1100. The fraction of sp³-hybridized carbons (Fsp3) is 0.333. The van der Waals surface area contributed by atoms with Crippen LogP contribution in [0.2, 0.25) is 0 Å². The van der Waals surface area contributed by atoms with Gasteiger partial charge in [-0.15, -0.1) is 0 Å². The second-order valence-electron chi connectivity index (χ2n) is 8.74. The van der Waals surface area contributed by atoms with Gasteiger partial charge in [0, 0.05) is 25.9 Å². The van der Waals surface area contributed by atoms with Gasteiger partial charge in [-0.25, -0.2) is 0 Å². The average Bonchev–Trinajstić information content (AvgIpc) is 2.89. The zero-order valence-electron chi connectivity index (χ0n) is 21.4. The average molecular weight is 489 g/mol. The summed E-state index contributed by atoms with van der Waals surface area (Å²) in [6, 6.07) is 24.6. The molecule has 0 saturated carbocycles. The third-order valence-corrected chi connectivity index (χ3v) is 5.92. The first kappa shape index (κ1) is 26.8. The van der Waals surface area contributed by atoms with Crippen LogP contribution in [-0.4, -0.2) is 43.0 Å². The van der Waals surface area contributed by atoms with Crippen LogP contribution in [0.15, 0.2) is 78.9 Å². The summed E-state index contributed by atoms with van der Waals surface area (Å²) >= 11 is 0. The summed E-state index contributed by atoms with van der Waals surface area (Å²) in [7, 11) is 1.62. The van der Waals surface area contributed by atoms with Crippen LogP contribution in [0, 0.1) is 6.92 Å². The molecule has 0 aliphatic carbocycles. The Hall–Kier alpha value is -3.80. The van der Waals surface area contributed by atoms with Gasteiger partial charge in [0.15, 0.2) is 0 Å².